The summed E-state index contributed by atoms with van der Waals surface area (Å²) in [6.07, 6.45) is 0. The zero-order chi connectivity index (χ0) is 24.2. The Hall–Kier alpha value is -3.30. The van der Waals surface area contributed by atoms with E-state index >= 15 is 0 Å². The molecule has 0 atom stereocenters. The molecule has 2 amide bonds. The van der Waals surface area contributed by atoms with Gasteiger partial charge in [0.2, 0.25) is 0 Å². The Morgan fingerprint density at radius 2 is 0.853 bits per heavy atom. The Morgan fingerprint density at radius 1 is 0.529 bits per heavy atom. The molecule has 0 aromatic heterocycles. The van der Waals surface area contributed by atoms with Crippen LogP contribution in [-0.4, -0.2) is 22.2 Å². The fourth-order valence-corrected chi connectivity index (χ4v) is 4.23. The zero-order valence-electron chi connectivity index (χ0n) is 17.5. The molecule has 34 heavy (non-hydrogen) atoms. The Balaban J connectivity index is 1.88. The molecule has 0 saturated heterocycles. The van der Waals surface area contributed by atoms with Crippen molar-refractivity contribution in [1.29, 1.82) is 0 Å². The molecular formula is C26H18Br2N2O4. The largest absolute Gasteiger partial charge is 0.288 e. The Kier molecular flexibility index (Phi) is 7.23. The van der Waals surface area contributed by atoms with Gasteiger partial charge in [-0.05, 0) is 81.9 Å². The van der Waals surface area contributed by atoms with E-state index in [2.05, 4.69) is 31.9 Å². The lowest BCUT2D eigenvalue weighted by Crippen LogP contribution is -2.19. The highest BCUT2D eigenvalue weighted by molar-refractivity contribution is 9.10. The molecule has 0 radical (unpaired) electrons. The van der Waals surface area contributed by atoms with Crippen LogP contribution in [0.3, 0.4) is 0 Å². The molecule has 0 aliphatic heterocycles. The number of hydrogen-bond acceptors (Lipinski definition) is 4. The fraction of sp³-hybridized carbons (Fsp3) is 0. The zero-order valence-corrected chi connectivity index (χ0v) is 20.7. The molecule has 4 N–H and O–H groups in total. The van der Waals surface area contributed by atoms with Crippen LogP contribution in [-0.2, 0) is 0 Å². The van der Waals surface area contributed by atoms with Crippen molar-refractivity contribution in [3.05, 3.63) is 105 Å². The number of nitrogens with one attached hydrogen (secondary N) is 2. The van der Waals surface area contributed by atoms with Crippen LogP contribution in [0.4, 0.5) is 0 Å². The van der Waals surface area contributed by atoms with E-state index in [1.54, 1.807) is 35.2 Å². The van der Waals surface area contributed by atoms with E-state index in [9.17, 15) is 20.0 Å². The van der Waals surface area contributed by atoms with E-state index in [-0.39, 0.29) is 0 Å². The molecule has 4 rings (SSSR count). The predicted molar refractivity (Wildman–Crippen MR) is 137 cm³/mol. The second-order valence-electron chi connectivity index (χ2n) is 7.42. The first-order valence-corrected chi connectivity index (χ1v) is 11.7. The second-order valence-corrected chi connectivity index (χ2v) is 9.25. The molecule has 0 heterocycles. The summed E-state index contributed by atoms with van der Waals surface area (Å²) in [5, 5.41) is 18.4. The van der Waals surface area contributed by atoms with Crippen LogP contribution in [0, 0.1) is 0 Å². The molecule has 0 saturated carbocycles. The molecule has 4 aromatic carbocycles. The molecule has 170 valence electrons. The summed E-state index contributed by atoms with van der Waals surface area (Å²) in [5.74, 6) is -1.23. The van der Waals surface area contributed by atoms with Gasteiger partial charge >= 0.3 is 0 Å². The van der Waals surface area contributed by atoms with Crippen molar-refractivity contribution >= 4 is 43.7 Å². The number of rotatable bonds is 5. The summed E-state index contributed by atoms with van der Waals surface area (Å²) < 4.78 is 1.80. The van der Waals surface area contributed by atoms with Gasteiger partial charge in [-0.15, -0.1) is 0 Å². The number of hydrogen-bond donors (Lipinski definition) is 4. The van der Waals surface area contributed by atoms with Crippen LogP contribution in [0.1, 0.15) is 20.7 Å². The Morgan fingerprint density at radius 3 is 1.18 bits per heavy atom. The van der Waals surface area contributed by atoms with E-state index in [0.717, 1.165) is 31.2 Å². The molecule has 6 nitrogen and oxygen atoms in total. The molecule has 0 spiro atoms. The van der Waals surface area contributed by atoms with Crippen molar-refractivity contribution in [1.82, 2.24) is 11.0 Å². The van der Waals surface area contributed by atoms with Crippen molar-refractivity contribution in [3.8, 4) is 33.4 Å². The molecular weight excluding hydrogens is 564 g/mol. The van der Waals surface area contributed by atoms with Gasteiger partial charge in [-0.1, -0.05) is 68.3 Å². The SMILES string of the molecule is O=C(NO)c1ccc(-c2ccc(C(=O)NO)c(-c3ccc(Br)cc3)c2)cc1-c1ccc(Br)cc1. The lowest BCUT2D eigenvalue weighted by Gasteiger charge is -2.14. The van der Waals surface area contributed by atoms with Gasteiger partial charge in [-0.25, -0.2) is 11.0 Å². The van der Waals surface area contributed by atoms with E-state index in [1.165, 1.54) is 0 Å². The maximum atomic E-state index is 12.3. The minimum Gasteiger partial charge on any atom is -0.288 e. The van der Waals surface area contributed by atoms with Crippen LogP contribution >= 0.6 is 31.9 Å². The summed E-state index contributed by atoms with van der Waals surface area (Å²) in [7, 11) is 0. The quantitative estimate of drug-likeness (QED) is 0.161. The van der Waals surface area contributed by atoms with Crippen molar-refractivity contribution in [3.63, 3.8) is 0 Å². The maximum absolute atomic E-state index is 12.3. The number of carbonyl (C=O) groups is 2. The summed E-state index contributed by atoms with van der Waals surface area (Å²) in [6.45, 7) is 0. The highest BCUT2D eigenvalue weighted by Gasteiger charge is 2.17. The average molecular weight is 582 g/mol. The van der Waals surface area contributed by atoms with Gasteiger partial charge in [-0.2, -0.15) is 0 Å². The Labute approximate surface area is 212 Å². The van der Waals surface area contributed by atoms with Crippen LogP contribution in [0.2, 0.25) is 0 Å². The van der Waals surface area contributed by atoms with Gasteiger partial charge in [0, 0.05) is 20.1 Å². The van der Waals surface area contributed by atoms with Gasteiger partial charge < -0.3 is 0 Å². The highest BCUT2D eigenvalue weighted by Crippen LogP contribution is 2.34. The average Bonchev–Trinajstić information content (AvgIpc) is 2.88. The fourth-order valence-electron chi connectivity index (χ4n) is 3.70. The standard InChI is InChI=1S/C26H18Br2N2O4/c27-19-7-1-15(2-8-19)23-13-17(5-11-21(23)25(31)29-33)18-6-12-22(26(32)30-34)24(14-18)16-3-9-20(28)10-4-16/h1-14,33-34H,(H,29,31)(H,30,32). The van der Waals surface area contributed by atoms with Gasteiger partial charge in [0.05, 0.1) is 0 Å². The molecule has 0 aliphatic rings. The number of benzene rings is 4. The van der Waals surface area contributed by atoms with Gasteiger partial charge in [0.15, 0.2) is 0 Å². The van der Waals surface area contributed by atoms with E-state index in [1.807, 2.05) is 60.7 Å². The lowest BCUT2D eigenvalue weighted by atomic mass is 9.91. The maximum Gasteiger partial charge on any atom is 0.275 e. The number of hydroxylamine groups is 2. The Bertz CT molecular complexity index is 1260. The van der Waals surface area contributed by atoms with Gasteiger partial charge in [-0.3, -0.25) is 20.0 Å². The first kappa shape index (κ1) is 23.8. The normalized spacial score (nSPS) is 10.6. The van der Waals surface area contributed by atoms with Gasteiger partial charge in [0.25, 0.3) is 11.8 Å². The molecule has 4 aromatic rings. The minimum atomic E-state index is -0.616. The van der Waals surface area contributed by atoms with Crippen molar-refractivity contribution in [2.75, 3.05) is 0 Å². The van der Waals surface area contributed by atoms with Crippen molar-refractivity contribution in [2.45, 2.75) is 0 Å². The second kappa shape index (κ2) is 10.3. The molecule has 8 heteroatoms. The van der Waals surface area contributed by atoms with Gasteiger partial charge in [0.1, 0.15) is 0 Å². The number of halogens is 2. The first-order chi connectivity index (χ1) is 16.4. The summed E-state index contributed by atoms with van der Waals surface area (Å²) in [4.78, 5) is 24.6. The van der Waals surface area contributed by atoms with Crippen LogP contribution in [0.25, 0.3) is 33.4 Å². The topological polar surface area (TPSA) is 98.7 Å². The molecule has 0 unspecified atom stereocenters. The smallest absolute Gasteiger partial charge is 0.275 e. The third-order valence-electron chi connectivity index (χ3n) is 5.38. The highest BCUT2D eigenvalue weighted by atomic mass is 79.9. The monoisotopic (exact) mass is 580 g/mol. The lowest BCUT2D eigenvalue weighted by molar-refractivity contribution is 0.0702. The van der Waals surface area contributed by atoms with Crippen LogP contribution < -0.4 is 11.0 Å². The molecule has 0 aliphatic carbocycles. The summed E-state index contributed by atoms with van der Waals surface area (Å²) in [6, 6.07) is 25.6. The summed E-state index contributed by atoms with van der Waals surface area (Å²) in [5.41, 5.74) is 8.53. The van der Waals surface area contributed by atoms with Crippen molar-refractivity contribution in [2.24, 2.45) is 0 Å². The minimum absolute atomic E-state index is 0.318. The van der Waals surface area contributed by atoms with Crippen LogP contribution in [0.5, 0.6) is 0 Å². The van der Waals surface area contributed by atoms with E-state index in [0.29, 0.717) is 22.3 Å². The van der Waals surface area contributed by atoms with E-state index in [4.69, 9.17) is 0 Å². The summed E-state index contributed by atoms with van der Waals surface area (Å²) >= 11 is 6.83. The number of amides is 2. The van der Waals surface area contributed by atoms with Crippen molar-refractivity contribution < 1.29 is 20.0 Å². The molecule has 0 fully saturated rings. The predicted octanol–water partition coefficient (Wildman–Crippen LogP) is 6.45. The first-order valence-electron chi connectivity index (χ1n) is 10.1. The third kappa shape index (κ3) is 4.95. The third-order valence-corrected chi connectivity index (χ3v) is 6.43. The molecule has 0 bridgehead atoms. The number of carbonyl (C=O) groups excluding carboxylic acids is 2. The van der Waals surface area contributed by atoms with E-state index < -0.39 is 11.8 Å². The van der Waals surface area contributed by atoms with Crippen LogP contribution in [0.15, 0.2) is 93.9 Å².